The smallest absolute Gasteiger partial charge is 0.311 e. The summed E-state index contributed by atoms with van der Waals surface area (Å²) in [6, 6.07) is 5.83. The van der Waals surface area contributed by atoms with Crippen molar-refractivity contribution in [3.05, 3.63) is 30.1 Å². The van der Waals surface area contributed by atoms with Crippen LogP contribution in [0.1, 0.15) is 51.4 Å². The van der Waals surface area contributed by atoms with Gasteiger partial charge in [-0.3, -0.25) is 9.59 Å². The summed E-state index contributed by atoms with van der Waals surface area (Å²) in [7, 11) is 0. The van der Waals surface area contributed by atoms with Crippen LogP contribution >= 0.6 is 0 Å². The first kappa shape index (κ1) is 17.1. The van der Waals surface area contributed by atoms with Gasteiger partial charge < -0.3 is 9.84 Å². The highest BCUT2D eigenvalue weighted by Crippen LogP contribution is 2.16. The van der Waals surface area contributed by atoms with Crippen LogP contribution in [0.15, 0.2) is 24.3 Å². The molecule has 0 saturated heterocycles. The van der Waals surface area contributed by atoms with Crippen LogP contribution in [0, 0.1) is 5.82 Å². The second-order valence-corrected chi connectivity index (χ2v) is 4.92. The fourth-order valence-corrected chi connectivity index (χ4v) is 1.95. The van der Waals surface area contributed by atoms with Gasteiger partial charge in [0, 0.05) is 12.8 Å². The first-order valence-electron chi connectivity index (χ1n) is 7.26. The quantitative estimate of drug-likeness (QED) is 0.403. The molecule has 0 aliphatic rings. The molecule has 4 nitrogen and oxygen atoms in total. The average Bonchev–Trinajstić information content (AvgIpc) is 2.44. The molecule has 0 aromatic heterocycles. The number of aliphatic carboxylic acids is 1. The van der Waals surface area contributed by atoms with Gasteiger partial charge in [0.1, 0.15) is 0 Å². The van der Waals surface area contributed by atoms with Crippen LogP contribution in [0.25, 0.3) is 0 Å². The summed E-state index contributed by atoms with van der Waals surface area (Å²) in [5, 5.41) is 8.48. The number of carboxylic acids is 1. The molecule has 0 aliphatic carbocycles. The molecule has 0 fully saturated rings. The number of hydrogen-bond donors (Lipinski definition) is 1. The Bertz CT molecular complexity index is 459. The number of carbonyl (C=O) groups is 2. The molecule has 0 bridgehead atoms. The molecule has 0 aliphatic heterocycles. The highest BCUT2D eigenvalue weighted by atomic mass is 19.1. The molecule has 1 rings (SSSR count). The molecule has 1 N–H and O–H groups in total. The maximum atomic E-state index is 13.2. The van der Waals surface area contributed by atoms with E-state index >= 15 is 0 Å². The van der Waals surface area contributed by atoms with Gasteiger partial charge in [0.05, 0.1) is 0 Å². The normalized spacial score (nSPS) is 10.3. The number of hydrogen-bond acceptors (Lipinski definition) is 3. The Morgan fingerprint density at radius 1 is 0.952 bits per heavy atom. The zero-order valence-electron chi connectivity index (χ0n) is 12.0. The lowest BCUT2D eigenvalue weighted by Crippen LogP contribution is -2.08. The summed E-state index contributed by atoms with van der Waals surface area (Å²) in [5.74, 6) is -1.75. The van der Waals surface area contributed by atoms with Crippen molar-refractivity contribution in [3.8, 4) is 5.75 Å². The molecule has 0 unspecified atom stereocenters. The molecule has 21 heavy (non-hydrogen) atoms. The van der Waals surface area contributed by atoms with Crippen LogP contribution in [0.2, 0.25) is 0 Å². The van der Waals surface area contributed by atoms with Crippen molar-refractivity contribution < 1.29 is 23.8 Å². The first-order chi connectivity index (χ1) is 10.1. The van der Waals surface area contributed by atoms with E-state index in [-0.39, 0.29) is 18.6 Å². The van der Waals surface area contributed by atoms with Crippen LogP contribution in [0.4, 0.5) is 4.39 Å². The Balaban J connectivity index is 2.04. The highest BCUT2D eigenvalue weighted by molar-refractivity contribution is 5.72. The largest absolute Gasteiger partial charge is 0.481 e. The third-order valence-corrected chi connectivity index (χ3v) is 3.08. The number of carboxylic acid groups (broad SMARTS) is 1. The predicted octanol–water partition coefficient (Wildman–Crippen LogP) is 3.94. The molecular formula is C16H21FO4. The molecule has 5 heteroatoms. The van der Waals surface area contributed by atoms with Crippen molar-refractivity contribution in [2.24, 2.45) is 0 Å². The van der Waals surface area contributed by atoms with Gasteiger partial charge in [-0.05, 0) is 25.0 Å². The van der Waals surface area contributed by atoms with E-state index in [9.17, 15) is 14.0 Å². The maximum absolute atomic E-state index is 13.2. The molecule has 116 valence electrons. The van der Waals surface area contributed by atoms with Crippen LogP contribution in [0.3, 0.4) is 0 Å². The van der Waals surface area contributed by atoms with E-state index in [1.807, 2.05) is 0 Å². The van der Waals surface area contributed by atoms with Crippen LogP contribution in [-0.2, 0) is 9.59 Å². The second kappa shape index (κ2) is 9.91. The Morgan fingerprint density at radius 2 is 1.52 bits per heavy atom. The Labute approximate surface area is 123 Å². The summed E-state index contributed by atoms with van der Waals surface area (Å²) >= 11 is 0. The minimum absolute atomic E-state index is 0.0313. The summed E-state index contributed by atoms with van der Waals surface area (Å²) < 4.78 is 18.2. The fourth-order valence-electron chi connectivity index (χ4n) is 1.95. The van der Waals surface area contributed by atoms with Gasteiger partial charge in [0.15, 0.2) is 11.6 Å². The molecular weight excluding hydrogens is 275 g/mol. The molecule has 0 radical (unpaired) electrons. The van der Waals surface area contributed by atoms with Crippen molar-refractivity contribution >= 4 is 11.9 Å². The standard InChI is InChI=1S/C16H21FO4/c17-13-9-7-8-10-14(13)21-16(20)12-6-4-2-1-3-5-11-15(18)19/h7-10H,1-6,11-12H2,(H,18,19). The molecule has 0 amide bonds. The van der Waals surface area contributed by atoms with Gasteiger partial charge in [-0.25, -0.2) is 4.39 Å². The van der Waals surface area contributed by atoms with E-state index in [4.69, 9.17) is 9.84 Å². The van der Waals surface area contributed by atoms with E-state index in [0.717, 1.165) is 25.7 Å². The number of rotatable bonds is 10. The number of carbonyl (C=O) groups excluding carboxylic acids is 1. The minimum Gasteiger partial charge on any atom is -0.481 e. The van der Waals surface area contributed by atoms with Crippen LogP contribution in [-0.4, -0.2) is 17.0 Å². The predicted molar refractivity (Wildman–Crippen MR) is 76.6 cm³/mol. The lowest BCUT2D eigenvalue weighted by Gasteiger charge is -2.05. The van der Waals surface area contributed by atoms with E-state index in [0.29, 0.717) is 12.8 Å². The fraction of sp³-hybridized carbons (Fsp3) is 0.500. The Kier molecular flexibility index (Phi) is 8.09. The lowest BCUT2D eigenvalue weighted by molar-refractivity contribution is -0.137. The summed E-state index contributed by atoms with van der Waals surface area (Å²) in [6.07, 6.45) is 5.60. The van der Waals surface area contributed by atoms with Crippen molar-refractivity contribution in [1.82, 2.24) is 0 Å². The monoisotopic (exact) mass is 296 g/mol. The summed E-state index contributed by atoms with van der Waals surface area (Å²) in [5.41, 5.74) is 0. The van der Waals surface area contributed by atoms with Gasteiger partial charge >= 0.3 is 11.9 Å². The highest BCUT2D eigenvalue weighted by Gasteiger charge is 2.08. The SMILES string of the molecule is O=C(O)CCCCCCCCC(=O)Oc1ccccc1F. The van der Waals surface area contributed by atoms with E-state index in [1.54, 1.807) is 6.07 Å². The van der Waals surface area contributed by atoms with Gasteiger partial charge in [0.25, 0.3) is 0 Å². The zero-order chi connectivity index (χ0) is 15.5. The molecule has 1 aromatic rings. The average molecular weight is 296 g/mol. The third kappa shape index (κ3) is 8.07. The molecule has 1 aromatic carbocycles. The number of benzene rings is 1. The zero-order valence-corrected chi connectivity index (χ0v) is 12.0. The van der Waals surface area contributed by atoms with Crippen molar-refractivity contribution in [2.75, 3.05) is 0 Å². The third-order valence-electron chi connectivity index (χ3n) is 3.08. The van der Waals surface area contributed by atoms with Gasteiger partial charge in [-0.2, -0.15) is 0 Å². The Hall–Kier alpha value is -1.91. The molecule has 0 spiro atoms. The van der Waals surface area contributed by atoms with E-state index in [2.05, 4.69) is 0 Å². The number of esters is 1. The first-order valence-corrected chi connectivity index (χ1v) is 7.26. The summed E-state index contributed by atoms with van der Waals surface area (Å²) in [6.45, 7) is 0. The maximum Gasteiger partial charge on any atom is 0.311 e. The second-order valence-electron chi connectivity index (χ2n) is 4.92. The molecule has 0 saturated carbocycles. The Morgan fingerprint density at radius 3 is 2.14 bits per heavy atom. The van der Waals surface area contributed by atoms with Gasteiger partial charge in [-0.15, -0.1) is 0 Å². The van der Waals surface area contributed by atoms with Crippen molar-refractivity contribution in [3.63, 3.8) is 0 Å². The number of halogens is 1. The van der Waals surface area contributed by atoms with Gasteiger partial charge in [0.2, 0.25) is 0 Å². The number of ether oxygens (including phenoxy) is 1. The molecule has 0 heterocycles. The van der Waals surface area contributed by atoms with Crippen LogP contribution < -0.4 is 4.74 Å². The topological polar surface area (TPSA) is 63.6 Å². The van der Waals surface area contributed by atoms with Gasteiger partial charge in [-0.1, -0.05) is 37.8 Å². The van der Waals surface area contributed by atoms with Crippen molar-refractivity contribution in [1.29, 1.82) is 0 Å². The molecule has 0 atom stereocenters. The minimum atomic E-state index is -0.758. The van der Waals surface area contributed by atoms with Crippen LogP contribution in [0.5, 0.6) is 5.75 Å². The lowest BCUT2D eigenvalue weighted by atomic mass is 10.1. The number of para-hydroxylation sites is 1. The number of unbranched alkanes of at least 4 members (excludes halogenated alkanes) is 5. The summed E-state index contributed by atoms with van der Waals surface area (Å²) in [4.78, 5) is 21.8. The van der Waals surface area contributed by atoms with Crippen molar-refractivity contribution in [2.45, 2.75) is 51.4 Å². The van der Waals surface area contributed by atoms with E-state index < -0.39 is 17.8 Å². The van der Waals surface area contributed by atoms with E-state index in [1.165, 1.54) is 18.2 Å².